The van der Waals surface area contributed by atoms with Crippen LogP contribution < -0.4 is 9.47 Å². The van der Waals surface area contributed by atoms with Crippen molar-refractivity contribution in [1.82, 2.24) is 0 Å². The molecule has 1 aliphatic heterocycles. The maximum atomic E-state index is 6.53. The van der Waals surface area contributed by atoms with Crippen molar-refractivity contribution < 1.29 is 14.2 Å². The van der Waals surface area contributed by atoms with Crippen LogP contribution in [0.3, 0.4) is 0 Å². The van der Waals surface area contributed by atoms with Gasteiger partial charge in [0.2, 0.25) is 0 Å². The van der Waals surface area contributed by atoms with Crippen LogP contribution in [-0.2, 0) is 4.74 Å². The molecule has 0 spiro atoms. The lowest BCUT2D eigenvalue weighted by molar-refractivity contribution is 0.102. The Labute approximate surface area is 132 Å². The highest BCUT2D eigenvalue weighted by atomic mass is 35.5. The molecule has 1 aromatic carbocycles. The third-order valence-electron chi connectivity index (χ3n) is 3.70. The molecule has 4 heteroatoms. The standard InChI is InChI=1S/C17H25ClO3/c1-3-19-16-10-7-13(12-17(16)20-4-2)15(18)9-8-14-6-5-11-21-14/h7,10,12,14-15H,3-6,8-9,11H2,1-2H3. The lowest BCUT2D eigenvalue weighted by atomic mass is 10.0. The second-order valence-corrected chi connectivity index (χ2v) is 5.78. The number of ether oxygens (including phenoxy) is 3. The first-order chi connectivity index (χ1) is 10.2. The van der Waals surface area contributed by atoms with Gasteiger partial charge in [0.1, 0.15) is 0 Å². The van der Waals surface area contributed by atoms with Gasteiger partial charge in [-0.15, -0.1) is 11.6 Å². The quantitative estimate of drug-likeness (QED) is 0.650. The van der Waals surface area contributed by atoms with Crippen molar-refractivity contribution >= 4 is 11.6 Å². The lowest BCUT2D eigenvalue weighted by Gasteiger charge is -2.16. The van der Waals surface area contributed by atoms with Gasteiger partial charge in [0, 0.05) is 6.61 Å². The van der Waals surface area contributed by atoms with Gasteiger partial charge in [-0.1, -0.05) is 6.07 Å². The van der Waals surface area contributed by atoms with Crippen molar-refractivity contribution in [3.8, 4) is 11.5 Å². The molecule has 3 nitrogen and oxygen atoms in total. The van der Waals surface area contributed by atoms with Crippen LogP contribution in [0.4, 0.5) is 0 Å². The topological polar surface area (TPSA) is 27.7 Å². The highest BCUT2D eigenvalue weighted by Crippen LogP contribution is 2.35. The average Bonchev–Trinajstić information content (AvgIpc) is 3.00. The summed E-state index contributed by atoms with van der Waals surface area (Å²) in [5.41, 5.74) is 1.08. The molecule has 0 aromatic heterocycles. The minimum absolute atomic E-state index is 0.0101. The van der Waals surface area contributed by atoms with E-state index in [1.54, 1.807) is 0 Å². The number of alkyl halides is 1. The summed E-state index contributed by atoms with van der Waals surface area (Å²) in [5.74, 6) is 1.56. The highest BCUT2D eigenvalue weighted by molar-refractivity contribution is 6.20. The van der Waals surface area contributed by atoms with Gasteiger partial charge >= 0.3 is 0 Å². The fourth-order valence-electron chi connectivity index (χ4n) is 2.63. The van der Waals surface area contributed by atoms with E-state index in [2.05, 4.69) is 0 Å². The van der Waals surface area contributed by atoms with Crippen LogP contribution in [0.15, 0.2) is 18.2 Å². The first-order valence-electron chi connectivity index (χ1n) is 7.89. The first-order valence-corrected chi connectivity index (χ1v) is 8.33. The Bertz CT molecular complexity index is 430. The Morgan fingerprint density at radius 2 is 2.00 bits per heavy atom. The summed E-state index contributed by atoms with van der Waals surface area (Å²) in [5, 5.41) is -0.0101. The molecule has 2 rings (SSSR count). The van der Waals surface area contributed by atoms with Crippen LogP contribution in [0.2, 0.25) is 0 Å². The van der Waals surface area contributed by atoms with Crippen molar-refractivity contribution in [3.63, 3.8) is 0 Å². The van der Waals surface area contributed by atoms with Crippen molar-refractivity contribution in [2.45, 2.75) is 51.0 Å². The smallest absolute Gasteiger partial charge is 0.161 e. The lowest BCUT2D eigenvalue weighted by Crippen LogP contribution is -2.06. The van der Waals surface area contributed by atoms with Crippen LogP contribution in [0.5, 0.6) is 11.5 Å². The zero-order valence-corrected chi connectivity index (χ0v) is 13.7. The van der Waals surface area contributed by atoms with E-state index in [1.165, 1.54) is 6.42 Å². The normalized spacial score (nSPS) is 19.5. The number of halogens is 1. The van der Waals surface area contributed by atoms with E-state index in [0.717, 1.165) is 42.9 Å². The summed E-state index contributed by atoms with van der Waals surface area (Å²) in [6, 6.07) is 5.98. The van der Waals surface area contributed by atoms with Gasteiger partial charge in [0.05, 0.1) is 24.7 Å². The molecule has 0 saturated carbocycles. The van der Waals surface area contributed by atoms with E-state index >= 15 is 0 Å². The molecule has 0 bridgehead atoms. The van der Waals surface area contributed by atoms with E-state index in [9.17, 15) is 0 Å². The third-order valence-corrected chi connectivity index (χ3v) is 4.17. The van der Waals surface area contributed by atoms with E-state index in [-0.39, 0.29) is 5.38 Å². The van der Waals surface area contributed by atoms with Gasteiger partial charge in [-0.05, 0) is 57.2 Å². The molecule has 1 aromatic rings. The Hall–Kier alpha value is -0.930. The summed E-state index contributed by atoms with van der Waals surface area (Å²) < 4.78 is 16.9. The highest BCUT2D eigenvalue weighted by Gasteiger charge is 2.18. The minimum Gasteiger partial charge on any atom is -0.490 e. The summed E-state index contributed by atoms with van der Waals surface area (Å²) in [7, 11) is 0. The molecule has 0 aliphatic carbocycles. The molecule has 2 atom stereocenters. The molecule has 21 heavy (non-hydrogen) atoms. The maximum Gasteiger partial charge on any atom is 0.161 e. The zero-order chi connectivity index (χ0) is 15.1. The molecule has 2 unspecified atom stereocenters. The fourth-order valence-corrected chi connectivity index (χ4v) is 2.90. The molecule has 0 N–H and O–H groups in total. The van der Waals surface area contributed by atoms with Crippen molar-refractivity contribution in [2.24, 2.45) is 0 Å². The monoisotopic (exact) mass is 312 g/mol. The Morgan fingerprint density at radius 1 is 1.24 bits per heavy atom. The van der Waals surface area contributed by atoms with E-state index in [1.807, 2.05) is 32.0 Å². The molecule has 1 fully saturated rings. The van der Waals surface area contributed by atoms with Crippen molar-refractivity contribution in [3.05, 3.63) is 23.8 Å². The molecule has 118 valence electrons. The fraction of sp³-hybridized carbons (Fsp3) is 0.647. The van der Waals surface area contributed by atoms with Crippen molar-refractivity contribution in [2.75, 3.05) is 19.8 Å². The van der Waals surface area contributed by atoms with Gasteiger partial charge in [-0.25, -0.2) is 0 Å². The Morgan fingerprint density at radius 3 is 2.67 bits per heavy atom. The van der Waals surface area contributed by atoms with Crippen LogP contribution in [-0.4, -0.2) is 25.9 Å². The molecule has 1 aliphatic rings. The number of hydrogen-bond donors (Lipinski definition) is 0. The molecular weight excluding hydrogens is 288 g/mol. The summed E-state index contributed by atoms with van der Waals surface area (Å²) in [4.78, 5) is 0. The second kappa shape index (κ2) is 8.50. The molecule has 1 heterocycles. The molecule has 0 radical (unpaired) electrons. The van der Waals surface area contributed by atoms with Crippen LogP contribution in [0, 0.1) is 0 Å². The van der Waals surface area contributed by atoms with Crippen molar-refractivity contribution in [1.29, 1.82) is 0 Å². The number of rotatable bonds is 8. The number of hydrogen-bond acceptors (Lipinski definition) is 3. The predicted molar refractivity (Wildman–Crippen MR) is 85.6 cm³/mol. The van der Waals surface area contributed by atoms with E-state index in [4.69, 9.17) is 25.8 Å². The largest absolute Gasteiger partial charge is 0.490 e. The zero-order valence-electron chi connectivity index (χ0n) is 12.9. The van der Waals surface area contributed by atoms with Gasteiger partial charge in [0.15, 0.2) is 11.5 Å². The van der Waals surface area contributed by atoms with Crippen LogP contribution >= 0.6 is 11.6 Å². The summed E-state index contributed by atoms with van der Waals surface area (Å²) in [6.07, 6.45) is 4.67. The minimum atomic E-state index is -0.0101. The third kappa shape index (κ3) is 4.79. The average molecular weight is 313 g/mol. The molecule has 1 saturated heterocycles. The molecule has 0 amide bonds. The number of benzene rings is 1. The maximum absolute atomic E-state index is 6.53. The Balaban J connectivity index is 1.98. The SMILES string of the molecule is CCOc1ccc(C(Cl)CCC2CCCO2)cc1OCC. The summed E-state index contributed by atoms with van der Waals surface area (Å²) in [6.45, 7) is 6.08. The van der Waals surface area contributed by atoms with Crippen LogP contribution in [0.1, 0.15) is 50.5 Å². The Kier molecular flexibility index (Phi) is 6.65. The van der Waals surface area contributed by atoms with Gasteiger partial charge in [-0.3, -0.25) is 0 Å². The summed E-state index contributed by atoms with van der Waals surface area (Å²) >= 11 is 6.53. The van der Waals surface area contributed by atoms with E-state index in [0.29, 0.717) is 19.3 Å². The van der Waals surface area contributed by atoms with Gasteiger partial charge in [-0.2, -0.15) is 0 Å². The molecular formula is C17H25ClO3. The van der Waals surface area contributed by atoms with E-state index < -0.39 is 0 Å². The predicted octanol–water partition coefficient (Wildman–Crippen LogP) is 4.72. The first kappa shape index (κ1) is 16.4. The van der Waals surface area contributed by atoms with Crippen LogP contribution in [0.25, 0.3) is 0 Å². The van der Waals surface area contributed by atoms with Gasteiger partial charge in [0.25, 0.3) is 0 Å². The van der Waals surface area contributed by atoms with Gasteiger partial charge < -0.3 is 14.2 Å². The second-order valence-electron chi connectivity index (χ2n) is 5.25.